The first kappa shape index (κ1) is 20.7. The Kier molecular flexibility index (Phi) is 7.05. The molecule has 0 aliphatic carbocycles. The van der Waals surface area contributed by atoms with Gasteiger partial charge >= 0.3 is 0 Å². The van der Waals surface area contributed by atoms with Crippen molar-refractivity contribution in [3.8, 4) is 11.5 Å². The Morgan fingerprint density at radius 3 is 2.19 bits per heavy atom. The first-order chi connectivity index (χ1) is 12.3. The third-order valence-corrected chi connectivity index (χ3v) is 6.38. The number of ether oxygens (including phenoxy) is 2. The van der Waals surface area contributed by atoms with Crippen LogP contribution in [0.5, 0.6) is 11.5 Å². The van der Waals surface area contributed by atoms with Crippen LogP contribution in [0.2, 0.25) is 0 Å². The predicted molar refractivity (Wildman–Crippen MR) is 105 cm³/mol. The van der Waals surface area contributed by atoms with E-state index in [4.69, 9.17) is 9.47 Å². The summed E-state index contributed by atoms with van der Waals surface area (Å²) in [5.41, 5.74) is 1.03. The Morgan fingerprint density at radius 2 is 1.65 bits per heavy atom. The van der Waals surface area contributed by atoms with Crippen molar-refractivity contribution in [1.29, 1.82) is 0 Å². The van der Waals surface area contributed by atoms with Crippen LogP contribution in [0, 0.1) is 0 Å². The van der Waals surface area contributed by atoms with Crippen LogP contribution < -0.4 is 14.2 Å². The lowest BCUT2D eigenvalue weighted by Crippen LogP contribution is -2.34. The summed E-state index contributed by atoms with van der Waals surface area (Å²) < 4.78 is 39.2. The summed E-state index contributed by atoms with van der Waals surface area (Å²) in [6, 6.07) is 12.7. The molecule has 2 rings (SSSR count). The molecule has 0 spiro atoms. The molecule has 8 heteroatoms. The fraction of sp³-hybridized carbons (Fsp3) is 0.333. The van der Waals surface area contributed by atoms with Crippen LogP contribution in [-0.2, 0) is 10.0 Å². The summed E-state index contributed by atoms with van der Waals surface area (Å²) in [5.74, 6) is 0.803. The molecule has 2 aromatic rings. The van der Waals surface area contributed by atoms with Gasteiger partial charge in [-0.3, -0.25) is 0 Å². The number of rotatable bonds is 8. The molecule has 0 fully saturated rings. The summed E-state index contributed by atoms with van der Waals surface area (Å²) in [6.45, 7) is 0.236. The molecule has 0 aliphatic heterocycles. The van der Waals surface area contributed by atoms with E-state index >= 15 is 0 Å². The Labute approximate surface area is 163 Å². The minimum atomic E-state index is -3.74. The second-order valence-corrected chi connectivity index (χ2v) is 8.47. The zero-order valence-corrected chi connectivity index (χ0v) is 17.6. The number of halogens is 1. The van der Waals surface area contributed by atoms with Crippen LogP contribution in [-0.4, -0.2) is 48.2 Å². The van der Waals surface area contributed by atoms with Gasteiger partial charge in [0.1, 0.15) is 4.90 Å². The van der Waals surface area contributed by atoms with Crippen LogP contribution in [0.15, 0.2) is 51.8 Å². The SMILES string of the molecule is COc1cc(Br)c(S(=O)(=O)NCC(c2ccccc2)N(C)C)cc1OC. The summed E-state index contributed by atoms with van der Waals surface area (Å²) in [5, 5.41) is 0. The van der Waals surface area contributed by atoms with E-state index in [1.165, 1.54) is 20.3 Å². The Bertz CT molecular complexity index is 842. The Hall–Kier alpha value is -1.61. The van der Waals surface area contributed by atoms with E-state index in [9.17, 15) is 8.42 Å². The highest BCUT2D eigenvalue weighted by Crippen LogP contribution is 2.35. The standard InChI is InChI=1S/C18H23BrN2O4S/c1-21(2)15(13-8-6-5-7-9-13)12-20-26(22,23)18-11-17(25-4)16(24-3)10-14(18)19/h5-11,15,20H,12H2,1-4H3. The largest absolute Gasteiger partial charge is 0.493 e. The van der Waals surface area contributed by atoms with Gasteiger partial charge in [-0.25, -0.2) is 13.1 Å². The maximum absolute atomic E-state index is 12.8. The van der Waals surface area contributed by atoms with Gasteiger partial charge in [-0.1, -0.05) is 30.3 Å². The molecule has 0 saturated heterocycles. The smallest absolute Gasteiger partial charge is 0.241 e. The molecule has 0 amide bonds. The molecule has 0 heterocycles. The summed E-state index contributed by atoms with van der Waals surface area (Å²) in [6.07, 6.45) is 0. The maximum atomic E-state index is 12.8. The topological polar surface area (TPSA) is 67.9 Å². The van der Waals surface area contributed by atoms with Crippen molar-refractivity contribution in [2.45, 2.75) is 10.9 Å². The number of hydrogen-bond donors (Lipinski definition) is 1. The fourth-order valence-electron chi connectivity index (χ4n) is 2.58. The molecule has 26 heavy (non-hydrogen) atoms. The second-order valence-electron chi connectivity index (χ2n) is 5.88. The van der Waals surface area contributed by atoms with E-state index in [1.54, 1.807) is 6.07 Å². The zero-order valence-electron chi connectivity index (χ0n) is 15.2. The fourth-order valence-corrected chi connectivity index (χ4v) is 4.65. The van der Waals surface area contributed by atoms with E-state index in [-0.39, 0.29) is 17.5 Å². The van der Waals surface area contributed by atoms with E-state index in [2.05, 4.69) is 20.7 Å². The van der Waals surface area contributed by atoms with Crippen molar-refractivity contribution in [1.82, 2.24) is 9.62 Å². The minimum Gasteiger partial charge on any atom is -0.493 e. The lowest BCUT2D eigenvalue weighted by atomic mass is 10.1. The molecule has 0 radical (unpaired) electrons. The third-order valence-electron chi connectivity index (χ3n) is 4.00. The Balaban J connectivity index is 2.28. The first-order valence-corrected chi connectivity index (χ1v) is 10.2. The normalized spacial score (nSPS) is 12.8. The molecule has 2 aromatic carbocycles. The lowest BCUT2D eigenvalue weighted by molar-refractivity contribution is 0.299. The van der Waals surface area contributed by atoms with E-state index in [1.807, 2.05) is 49.3 Å². The van der Waals surface area contributed by atoms with Gasteiger partial charge in [0.2, 0.25) is 10.0 Å². The van der Waals surface area contributed by atoms with E-state index in [0.717, 1.165) is 5.56 Å². The summed E-state index contributed by atoms with van der Waals surface area (Å²) in [7, 11) is 3.05. The lowest BCUT2D eigenvalue weighted by Gasteiger charge is -2.25. The van der Waals surface area contributed by atoms with Gasteiger partial charge in [0.25, 0.3) is 0 Å². The number of hydrogen-bond acceptors (Lipinski definition) is 5. The summed E-state index contributed by atoms with van der Waals surface area (Å²) >= 11 is 3.30. The Morgan fingerprint density at radius 1 is 1.08 bits per heavy atom. The molecular weight excluding hydrogens is 420 g/mol. The number of nitrogens with zero attached hydrogens (tertiary/aromatic N) is 1. The molecular formula is C18H23BrN2O4S. The van der Waals surface area contributed by atoms with Crippen LogP contribution in [0.4, 0.5) is 0 Å². The van der Waals surface area contributed by atoms with Gasteiger partial charge in [0, 0.05) is 23.1 Å². The second kappa shape index (κ2) is 8.85. The minimum absolute atomic E-state index is 0.0927. The molecule has 1 unspecified atom stereocenters. The zero-order chi connectivity index (χ0) is 19.3. The number of nitrogens with one attached hydrogen (secondary N) is 1. The quantitative estimate of drug-likeness (QED) is 0.680. The molecule has 0 saturated carbocycles. The van der Waals surface area contributed by atoms with Gasteiger partial charge in [0.15, 0.2) is 11.5 Å². The number of benzene rings is 2. The summed E-state index contributed by atoms with van der Waals surface area (Å²) in [4.78, 5) is 2.07. The maximum Gasteiger partial charge on any atom is 0.241 e. The molecule has 0 aliphatic rings. The monoisotopic (exact) mass is 442 g/mol. The van der Waals surface area contributed by atoms with Crippen molar-refractivity contribution >= 4 is 26.0 Å². The van der Waals surface area contributed by atoms with Gasteiger partial charge < -0.3 is 14.4 Å². The first-order valence-electron chi connectivity index (χ1n) is 7.92. The number of methoxy groups -OCH3 is 2. The molecule has 142 valence electrons. The van der Waals surface area contributed by atoms with Crippen molar-refractivity contribution in [3.63, 3.8) is 0 Å². The average Bonchev–Trinajstić information content (AvgIpc) is 2.61. The molecule has 0 bridgehead atoms. The molecule has 6 nitrogen and oxygen atoms in total. The van der Waals surface area contributed by atoms with Crippen molar-refractivity contribution in [2.75, 3.05) is 34.9 Å². The van der Waals surface area contributed by atoms with Crippen molar-refractivity contribution in [2.24, 2.45) is 0 Å². The molecule has 0 aromatic heterocycles. The van der Waals surface area contributed by atoms with Crippen LogP contribution in [0.1, 0.15) is 11.6 Å². The number of sulfonamides is 1. The highest BCUT2D eigenvalue weighted by Gasteiger charge is 2.23. The van der Waals surface area contributed by atoms with Gasteiger partial charge in [-0.2, -0.15) is 0 Å². The highest BCUT2D eigenvalue weighted by molar-refractivity contribution is 9.10. The van der Waals surface area contributed by atoms with Gasteiger partial charge in [-0.05, 0) is 41.7 Å². The van der Waals surface area contributed by atoms with Gasteiger partial charge in [0.05, 0.1) is 14.2 Å². The highest BCUT2D eigenvalue weighted by atomic mass is 79.9. The van der Waals surface area contributed by atoms with Crippen molar-refractivity contribution in [3.05, 3.63) is 52.5 Å². The van der Waals surface area contributed by atoms with Gasteiger partial charge in [-0.15, -0.1) is 0 Å². The van der Waals surface area contributed by atoms with E-state index in [0.29, 0.717) is 16.0 Å². The molecule has 1 N–H and O–H groups in total. The van der Waals surface area contributed by atoms with Crippen LogP contribution in [0.25, 0.3) is 0 Å². The van der Waals surface area contributed by atoms with Crippen LogP contribution in [0.3, 0.4) is 0 Å². The third kappa shape index (κ3) is 4.76. The van der Waals surface area contributed by atoms with Crippen LogP contribution >= 0.6 is 15.9 Å². The number of likely N-dealkylation sites (N-methyl/N-ethyl adjacent to an activating group) is 1. The van der Waals surface area contributed by atoms with Crippen molar-refractivity contribution < 1.29 is 17.9 Å². The average molecular weight is 443 g/mol. The predicted octanol–water partition coefficient (Wildman–Crippen LogP) is 3.05. The van der Waals surface area contributed by atoms with E-state index < -0.39 is 10.0 Å². The molecule has 1 atom stereocenters.